The van der Waals surface area contributed by atoms with Gasteiger partial charge in [0.15, 0.2) is 0 Å². The molecule has 0 bridgehead atoms. The Morgan fingerprint density at radius 2 is 2.32 bits per heavy atom. The van der Waals surface area contributed by atoms with E-state index in [9.17, 15) is 10.1 Å². The van der Waals surface area contributed by atoms with Gasteiger partial charge < -0.3 is 10.5 Å². The summed E-state index contributed by atoms with van der Waals surface area (Å²) in [5, 5.41) is 18.3. The molecule has 2 N–H and O–H groups in total. The molecular formula is C11H13N5O3. The fourth-order valence-electron chi connectivity index (χ4n) is 1.59. The van der Waals surface area contributed by atoms with Crippen LogP contribution >= 0.6 is 0 Å². The van der Waals surface area contributed by atoms with Gasteiger partial charge in [0.05, 0.1) is 11.1 Å². The number of rotatable bonds is 5. The highest BCUT2D eigenvalue weighted by molar-refractivity contribution is 5.43. The van der Waals surface area contributed by atoms with Crippen LogP contribution in [0.15, 0.2) is 24.4 Å². The van der Waals surface area contributed by atoms with Crippen molar-refractivity contribution in [1.29, 1.82) is 0 Å². The molecular weight excluding hydrogens is 250 g/mol. The maximum absolute atomic E-state index is 10.7. The van der Waals surface area contributed by atoms with Gasteiger partial charge in [-0.2, -0.15) is 0 Å². The lowest BCUT2D eigenvalue weighted by molar-refractivity contribution is -0.384. The highest BCUT2D eigenvalue weighted by Crippen LogP contribution is 2.24. The minimum Gasteiger partial charge on any atom is -0.487 e. The van der Waals surface area contributed by atoms with Crippen molar-refractivity contribution in [3.8, 4) is 5.75 Å². The van der Waals surface area contributed by atoms with Gasteiger partial charge in [-0.05, 0) is 6.07 Å². The van der Waals surface area contributed by atoms with E-state index in [0.29, 0.717) is 17.0 Å². The van der Waals surface area contributed by atoms with Crippen molar-refractivity contribution in [3.63, 3.8) is 0 Å². The molecule has 0 fully saturated rings. The fourth-order valence-corrected chi connectivity index (χ4v) is 1.59. The molecule has 0 aliphatic rings. The number of hydrogen-bond acceptors (Lipinski definition) is 6. The molecule has 1 aromatic carbocycles. The summed E-state index contributed by atoms with van der Waals surface area (Å²) >= 11 is 0. The average Bonchev–Trinajstić information content (AvgIpc) is 2.81. The molecule has 1 heterocycles. The van der Waals surface area contributed by atoms with Gasteiger partial charge in [0.1, 0.15) is 18.1 Å². The highest BCUT2D eigenvalue weighted by Gasteiger charge is 2.11. The van der Waals surface area contributed by atoms with Gasteiger partial charge in [-0.25, -0.2) is 0 Å². The van der Waals surface area contributed by atoms with Crippen LogP contribution in [0.3, 0.4) is 0 Å². The number of nitro groups is 1. The Kier molecular flexibility index (Phi) is 3.71. The third kappa shape index (κ3) is 3.05. The summed E-state index contributed by atoms with van der Waals surface area (Å²) in [6, 6.07) is 4.33. The highest BCUT2D eigenvalue weighted by atomic mass is 16.6. The van der Waals surface area contributed by atoms with Crippen molar-refractivity contribution in [2.75, 3.05) is 0 Å². The smallest absolute Gasteiger partial charge is 0.270 e. The van der Waals surface area contributed by atoms with E-state index in [1.54, 1.807) is 17.9 Å². The normalized spacial score (nSPS) is 10.4. The Labute approximate surface area is 108 Å². The second-order valence-electron chi connectivity index (χ2n) is 3.93. The average molecular weight is 263 g/mol. The number of benzene rings is 1. The standard InChI is InChI=1S/C11H13N5O3/c1-15-6-9(13-14-15)7-19-11-3-2-10(16(17)18)4-8(11)5-12/h2-4,6H,5,7,12H2,1H3. The van der Waals surface area contributed by atoms with Crippen LogP contribution in [0.25, 0.3) is 0 Å². The number of nitrogens with two attached hydrogens (primary N) is 1. The zero-order chi connectivity index (χ0) is 13.8. The van der Waals surface area contributed by atoms with E-state index in [2.05, 4.69) is 10.3 Å². The number of nitrogens with zero attached hydrogens (tertiary/aromatic N) is 4. The van der Waals surface area contributed by atoms with Gasteiger partial charge in [0, 0.05) is 31.3 Å². The van der Waals surface area contributed by atoms with E-state index >= 15 is 0 Å². The number of hydrogen-bond donors (Lipinski definition) is 1. The Hall–Kier alpha value is -2.48. The van der Waals surface area contributed by atoms with E-state index < -0.39 is 4.92 Å². The number of ether oxygens (including phenoxy) is 1. The monoisotopic (exact) mass is 263 g/mol. The second kappa shape index (κ2) is 5.44. The van der Waals surface area contributed by atoms with Crippen molar-refractivity contribution >= 4 is 5.69 Å². The molecule has 8 nitrogen and oxygen atoms in total. The number of nitro benzene ring substituents is 1. The third-order valence-electron chi connectivity index (χ3n) is 2.50. The largest absolute Gasteiger partial charge is 0.487 e. The zero-order valence-electron chi connectivity index (χ0n) is 10.3. The van der Waals surface area contributed by atoms with Crippen molar-refractivity contribution in [2.45, 2.75) is 13.2 Å². The van der Waals surface area contributed by atoms with Gasteiger partial charge in [-0.15, -0.1) is 5.10 Å². The molecule has 0 aliphatic heterocycles. The molecule has 0 amide bonds. The molecule has 0 unspecified atom stereocenters. The van der Waals surface area contributed by atoms with Gasteiger partial charge in [-0.3, -0.25) is 14.8 Å². The molecule has 19 heavy (non-hydrogen) atoms. The first kappa shape index (κ1) is 13.0. The lowest BCUT2D eigenvalue weighted by atomic mass is 10.2. The predicted molar refractivity (Wildman–Crippen MR) is 66.3 cm³/mol. The zero-order valence-corrected chi connectivity index (χ0v) is 10.3. The van der Waals surface area contributed by atoms with Crippen LogP contribution in [0.4, 0.5) is 5.69 Å². The van der Waals surface area contributed by atoms with Crippen molar-refractivity contribution < 1.29 is 9.66 Å². The first-order valence-electron chi connectivity index (χ1n) is 5.55. The van der Waals surface area contributed by atoms with E-state index in [-0.39, 0.29) is 18.8 Å². The predicted octanol–water partition coefficient (Wildman–Crippen LogP) is 0.761. The van der Waals surface area contributed by atoms with Gasteiger partial charge in [-0.1, -0.05) is 5.21 Å². The second-order valence-corrected chi connectivity index (χ2v) is 3.93. The van der Waals surface area contributed by atoms with Crippen LogP contribution in [0, 0.1) is 10.1 Å². The number of aromatic nitrogens is 3. The molecule has 0 saturated heterocycles. The molecule has 0 radical (unpaired) electrons. The molecule has 100 valence electrons. The lowest BCUT2D eigenvalue weighted by Crippen LogP contribution is -2.04. The summed E-state index contributed by atoms with van der Waals surface area (Å²) < 4.78 is 7.11. The van der Waals surface area contributed by atoms with Crippen LogP contribution in [-0.2, 0) is 20.2 Å². The Morgan fingerprint density at radius 1 is 1.53 bits per heavy atom. The van der Waals surface area contributed by atoms with Crippen LogP contribution in [0.5, 0.6) is 5.75 Å². The van der Waals surface area contributed by atoms with E-state index in [4.69, 9.17) is 10.5 Å². The molecule has 0 saturated carbocycles. The molecule has 2 aromatic rings. The summed E-state index contributed by atoms with van der Waals surface area (Å²) in [5.74, 6) is 0.513. The Balaban J connectivity index is 2.13. The van der Waals surface area contributed by atoms with Gasteiger partial charge >= 0.3 is 0 Å². The Morgan fingerprint density at radius 3 is 2.89 bits per heavy atom. The summed E-state index contributed by atoms with van der Waals surface area (Å²) in [6.45, 7) is 0.399. The SMILES string of the molecule is Cn1cc(COc2ccc([N+](=O)[O-])cc2CN)nn1. The molecule has 8 heteroatoms. The maximum Gasteiger partial charge on any atom is 0.270 e. The minimum atomic E-state index is -0.467. The van der Waals surface area contributed by atoms with E-state index in [1.165, 1.54) is 18.2 Å². The topological polar surface area (TPSA) is 109 Å². The van der Waals surface area contributed by atoms with Crippen molar-refractivity contribution in [1.82, 2.24) is 15.0 Å². The van der Waals surface area contributed by atoms with Crippen LogP contribution in [0.1, 0.15) is 11.3 Å². The lowest BCUT2D eigenvalue weighted by Gasteiger charge is -2.08. The van der Waals surface area contributed by atoms with E-state index in [0.717, 1.165) is 0 Å². The first-order valence-corrected chi connectivity index (χ1v) is 5.55. The first-order chi connectivity index (χ1) is 9.10. The Bertz CT molecular complexity index is 596. The molecule has 2 rings (SSSR count). The summed E-state index contributed by atoms with van der Waals surface area (Å²) in [5.41, 5.74) is 6.80. The minimum absolute atomic E-state index is 0.00713. The molecule has 0 aliphatic carbocycles. The summed E-state index contributed by atoms with van der Waals surface area (Å²) in [6.07, 6.45) is 1.73. The van der Waals surface area contributed by atoms with E-state index in [1.807, 2.05) is 0 Å². The quantitative estimate of drug-likeness (QED) is 0.630. The molecule has 0 spiro atoms. The number of non-ortho nitro benzene ring substituents is 1. The summed E-state index contributed by atoms with van der Waals surface area (Å²) in [7, 11) is 1.76. The van der Waals surface area contributed by atoms with Crippen LogP contribution < -0.4 is 10.5 Å². The molecule has 1 aromatic heterocycles. The summed E-state index contributed by atoms with van der Waals surface area (Å²) in [4.78, 5) is 10.2. The number of aryl methyl sites for hydroxylation is 1. The maximum atomic E-state index is 10.7. The van der Waals surface area contributed by atoms with Crippen molar-refractivity contribution in [3.05, 3.63) is 45.8 Å². The fraction of sp³-hybridized carbons (Fsp3) is 0.273. The van der Waals surface area contributed by atoms with Crippen LogP contribution in [0.2, 0.25) is 0 Å². The van der Waals surface area contributed by atoms with Crippen molar-refractivity contribution in [2.24, 2.45) is 12.8 Å². The van der Waals surface area contributed by atoms with Gasteiger partial charge in [0.2, 0.25) is 0 Å². The van der Waals surface area contributed by atoms with Gasteiger partial charge in [0.25, 0.3) is 5.69 Å². The van der Waals surface area contributed by atoms with Crippen LogP contribution in [-0.4, -0.2) is 19.9 Å². The third-order valence-corrected chi connectivity index (χ3v) is 2.50. The molecule has 0 atom stereocenters.